The van der Waals surface area contributed by atoms with Gasteiger partial charge >= 0.3 is 0 Å². The Morgan fingerprint density at radius 3 is 1.31 bits per heavy atom. The standard InChI is InChI=1S/C49H34N6/c1-5-15-33(16-6-1)46-38-24-26-42(51-38)48(37-23-13-14-32-50-37)43-27-25-39(52-43)47(34-17-7-2-8-18-34)41-29-31-45(54-41)49(44-30-28-40(46)53-44)55(35-19-9-3-10-20-35)36-21-11-4-12-22-36/h1-32,51,54H. The minimum Gasteiger partial charge on any atom is -0.354 e. The van der Waals surface area contributed by atoms with Crippen LogP contribution in [0.3, 0.4) is 0 Å². The van der Waals surface area contributed by atoms with Crippen LogP contribution in [-0.2, 0) is 0 Å². The lowest BCUT2D eigenvalue weighted by atomic mass is 10.0. The Labute approximate surface area is 318 Å². The lowest BCUT2D eigenvalue weighted by molar-refractivity contribution is 1.23. The molecule has 55 heavy (non-hydrogen) atoms. The monoisotopic (exact) mass is 706 g/mol. The zero-order valence-corrected chi connectivity index (χ0v) is 29.8. The van der Waals surface area contributed by atoms with E-state index in [2.05, 4.69) is 160 Å². The van der Waals surface area contributed by atoms with Crippen LogP contribution in [0.15, 0.2) is 170 Å². The number of benzene rings is 4. The number of para-hydroxylation sites is 2. The van der Waals surface area contributed by atoms with Crippen LogP contribution in [0.2, 0.25) is 0 Å². The van der Waals surface area contributed by atoms with Crippen LogP contribution in [0.1, 0.15) is 22.8 Å². The fourth-order valence-corrected chi connectivity index (χ4v) is 7.58. The number of H-pyrrole nitrogens is 2. The maximum Gasteiger partial charge on any atom is 0.0957 e. The fraction of sp³-hybridized carbons (Fsp3) is 0. The summed E-state index contributed by atoms with van der Waals surface area (Å²) in [6.07, 6.45) is 10.3. The van der Waals surface area contributed by atoms with Gasteiger partial charge in [-0.3, -0.25) is 4.98 Å². The number of fused-ring (bicyclic) bond motifs is 8. The van der Waals surface area contributed by atoms with Crippen molar-refractivity contribution in [3.63, 3.8) is 0 Å². The number of rotatable bonds is 6. The summed E-state index contributed by atoms with van der Waals surface area (Å²) < 4.78 is 0. The Morgan fingerprint density at radius 2 is 0.782 bits per heavy atom. The molecule has 0 saturated heterocycles. The Bertz CT molecular complexity index is 2820. The van der Waals surface area contributed by atoms with Crippen LogP contribution in [0.5, 0.6) is 0 Å². The van der Waals surface area contributed by atoms with Crippen molar-refractivity contribution in [3.8, 4) is 33.5 Å². The first-order valence-corrected chi connectivity index (χ1v) is 18.4. The summed E-state index contributed by atoms with van der Waals surface area (Å²) in [5.41, 5.74) is 15.9. The van der Waals surface area contributed by atoms with E-state index < -0.39 is 0 Å². The molecular formula is C49H34N6. The van der Waals surface area contributed by atoms with Gasteiger partial charge in [-0.15, -0.1) is 0 Å². The van der Waals surface area contributed by atoms with Crippen molar-refractivity contribution in [2.24, 2.45) is 0 Å². The largest absolute Gasteiger partial charge is 0.354 e. The summed E-state index contributed by atoms with van der Waals surface area (Å²) >= 11 is 0. The first-order chi connectivity index (χ1) is 27.3. The van der Waals surface area contributed by atoms with Crippen molar-refractivity contribution in [2.45, 2.75) is 0 Å². The number of nitrogens with zero attached hydrogens (tertiary/aromatic N) is 4. The average Bonchev–Trinajstić information content (AvgIpc) is 4.09. The van der Waals surface area contributed by atoms with E-state index in [9.17, 15) is 0 Å². The molecule has 4 aromatic carbocycles. The van der Waals surface area contributed by atoms with Gasteiger partial charge in [-0.1, -0.05) is 103 Å². The molecule has 6 nitrogen and oxygen atoms in total. The first-order valence-electron chi connectivity index (χ1n) is 18.4. The molecule has 0 amide bonds. The van der Waals surface area contributed by atoms with Gasteiger partial charge in [-0.2, -0.15) is 0 Å². The van der Waals surface area contributed by atoms with Gasteiger partial charge in [0.15, 0.2) is 0 Å². The number of hydrogen-bond acceptors (Lipinski definition) is 4. The summed E-state index contributed by atoms with van der Waals surface area (Å²) in [6, 6.07) is 56.5. The summed E-state index contributed by atoms with van der Waals surface area (Å²) in [5, 5.41) is 0. The minimum absolute atomic E-state index is 0.830. The highest BCUT2D eigenvalue weighted by Gasteiger charge is 2.22. The van der Waals surface area contributed by atoms with Crippen LogP contribution in [0.25, 0.3) is 79.9 Å². The molecule has 0 aliphatic carbocycles. The molecule has 10 rings (SSSR count). The van der Waals surface area contributed by atoms with Crippen molar-refractivity contribution in [1.82, 2.24) is 24.9 Å². The predicted octanol–water partition coefficient (Wildman–Crippen LogP) is 12.5. The van der Waals surface area contributed by atoms with Gasteiger partial charge < -0.3 is 14.9 Å². The molecule has 4 aromatic heterocycles. The molecule has 0 fully saturated rings. The molecule has 0 saturated carbocycles. The zero-order valence-electron chi connectivity index (χ0n) is 29.8. The van der Waals surface area contributed by atoms with Crippen LogP contribution in [-0.4, -0.2) is 24.9 Å². The van der Waals surface area contributed by atoms with Gasteiger partial charge in [0.05, 0.1) is 45.2 Å². The predicted molar refractivity (Wildman–Crippen MR) is 228 cm³/mol. The SMILES string of the molecule is C1=Cc2nc1c(-c1ccccc1)c1ccc([nH]1)c(-c1ccccn1)c1nc(c(-c3ccccc3)c3ccc([nH]3)c2N(c2ccccc2)c2ccccc2)C=C1. The molecule has 2 aliphatic rings. The summed E-state index contributed by atoms with van der Waals surface area (Å²) in [6.45, 7) is 0. The molecule has 8 bridgehead atoms. The van der Waals surface area contributed by atoms with E-state index in [0.29, 0.717) is 0 Å². The fourth-order valence-electron chi connectivity index (χ4n) is 7.58. The lowest BCUT2D eigenvalue weighted by Crippen LogP contribution is -2.11. The average molecular weight is 707 g/mol. The number of pyridine rings is 1. The molecule has 6 heterocycles. The Balaban J connectivity index is 1.40. The van der Waals surface area contributed by atoms with E-state index in [-0.39, 0.29) is 0 Å². The van der Waals surface area contributed by atoms with Crippen molar-refractivity contribution in [3.05, 3.63) is 193 Å². The third kappa shape index (κ3) is 5.92. The number of aromatic nitrogens is 5. The van der Waals surface area contributed by atoms with Gasteiger partial charge in [0, 0.05) is 45.3 Å². The number of nitrogens with one attached hydrogen (secondary N) is 2. The molecule has 2 aliphatic heterocycles. The van der Waals surface area contributed by atoms with Gasteiger partial charge in [0.25, 0.3) is 0 Å². The Kier molecular flexibility index (Phi) is 8.04. The number of hydrogen-bond donors (Lipinski definition) is 2. The third-order valence-corrected chi connectivity index (χ3v) is 10.0. The minimum atomic E-state index is 0.830. The van der Waals surface area contributed by atoms with Crippen molar-refractivity contribution in [1.29, 1.82) is 0 Å². The van der Waals surface area contributed by atoms with E-state index in [1.54, 1.807) is 0 Å². The Hall–Kier alpha value is -7.57. The Morgan fingerprint density at radius 1 is 0.364 bits per heavy atom. The van der Waals surface area contributed by atoms with E-state index in [0.717, 1.165) is 95.4 Å². The van der Waals surface area contributed by atoms with Crippen LogP contribution in [0, 0.1) is 0 Å². The van der Waals surface area contributed by atoms with E-state index in [1.165, 1.54) is 0 Å². The quantitative estimate of drug-likeness (QED) is 0.180. The van der Waals surface area contributed by atoms with E-state index in [4.69, 9.17) is 15.0 Å². The van der Waals surface area contributed by atoms with Crippen molar-refractivity contribution < 1.29 is 0 Å². The number of aromatic amines is 2. The molecule has 8 aromatic rings. The molecule has 2 N–H and O–H groups in total. The second-order valence-corrected chi connectivity index (χ2v) is 13.4. The smallest absolute Gasteiger partial charge is 0.0957 e. The maximum absolute atomic E-state index is 5.49. The molecule has 0 atom stereocenters. The molecule has 0 unspecified atom stereocenters. The molecule has 260 valence electrons. The summed E-state index contributed by atoms with van der Waals surface area (Å²) in [7, 11) is 0. The molecular weight excluding hydrogens is 673 g/mol. The van der Waals surface area contributed by atoms with Gasteiger partial charge in [-0.05, 0) is 96.1 Å². The highest BCUT2D eigenvalue weighted by atomic mass is 15.2. The molecule has 6 heteroatoms. The van der Waals surface area contributed by atoms with Gasteiger partial charge in [-0.25, -0.2) is 9.97 Å². The normalized spacial score (nSPS) is 11.9. The highest BCUT2D eigenvalue weighted by molar-refractivity contribution is 6.00. The van der Waals surface area contributed by atoms with Crippen LogP contribution >= 0.6 is 0 Å². The topological polar surface area (TPSA) is 73.5 Å². The highest BCUT2D eigenvalue weighted by Crippen LogP contribution is 2.42. The van der Waals surface area contributed by atoms with Crippen LogP contribution in [0.4, 0.5) is 17.1 Å². The third-order valence-electron chi connectivity index (χ3n) is 10.0. The second kappa shape index (κ2) is 13.8. The van der Waals surface area contributed by atoms with E-state index in [1.807, 2.05) is 48.7 Å². The van der Waals surface area contributed by atoms with Crippen molar-refractivity contribution in [2.75, 3.05) is 4.90 Å². The molecule has 0 radical (unpaired) electrons. The van der Waals surface area contributed by atoms with Gasteiger partial charge in [0.2, 0.25) is 0 Å². The maximum atomic E-state index is 5.49. The number of anilines is 3. The second-order valence-electron chi connectivity index (χ2n) is 13.4. The first kappa shape index (κ1) is 32.1. The van der Waals surface area contributed by atoms with Crippen LogP contribution < -0.4 is 4.90 Å². The van der Waals surface area contributed by atoms with Gasteiger partial charge in [0.1, 0.15) is 0 Å². The van der Waals surface area contributed by atoms with Crippen molar-refractivity contribution >= 4 is 63.4 Å². The lowest BCUT2D eigenvalue weighted by Gasteiger charge is -2.26. The summed E-state index contributed by atoms with van der Waals surface area (Å²) in [5.74, 6) is 0. The molecule has 0 spiro atoms. The summed E-state index contributed by atoms with van der Waals surface area (Å²) in [4.78, 5) is 25.6. The van der Waals surface area contributed by atoms with E-state index >= 15 is 0 Å². The zero-order chi connectivity index (χ0) is 36.6.